The van der Waals surface area contributed by atoms with Crippen LogP contribution in [0.1, 0.15) is 89.9 Å². The molecule has 0 aromatic heterocycles. The summed E-state index contributed by atoms with van der Waals surface area (Å²) in [6, 6.07) is 0. The van der Waals surface area contributed by atoms with Gasteiger partial charge in [-0.1, -0.05) is 64.2 Å². The number of aldehydes is 1. The van der Waals surface area contributed by atoms with Crippen LogP contribution < -0.4 is 0 Å². The minimum Gasteiger partial charge on any atom is -0.303 e. The Hall–Kier alpha value is -0.400. The molecule has 0 radical (unpaired) electrons. The molecule has 0 aliphatic heterocycles. The first-order chi connectivity index (χ1) is 10.3. The molecule has 2 saturated carbocycles. The van der Waals surface area contributed by atoms with Crippen molar-refractivity contribution in [3.8, 4) is 0 Å². The number of rotatable bonds is 8. The maximum atomic E-state index is 13.9. The van der Waals surface area contributed by atoms with Crippen LogP contribution in [0.15, 0.2) is 0 Å². The summed E-state index contributed by atoms with van der Waals surface area (Å²) >= 11 is 0. The van der Waals surface area contributed by atoms with Crippen molar-refractivity contribution in [3.63, 3.8) is 0 Å². The van der Waals surface area contributed by atoms with Gasteiger partial charge in [0.05, 0.1) is 0 Å². The van der Waals surface area contributed by atoms with Crippen LogP contribution in [0.3, 0.4) is 0 Å². The fourth-order valence-electron chi connectivity index (χ4n) is 4.33. The van der Waals surface area contributed by atoms with Crippen molar-refractivity contribution in [2.45, 2.75) is 96.1 Å². The number of halogens is 1. The SMILES string of the molecule is O=CC1CCC(CCCCCCC2CCCCC2)C(F)C1. The lowest BCUT2D eigenvalue weighted by atomic mass is 9.79. The smallest absolute Gasteiger partial charge is 0.123 e. The Morgan fingerprint density at radius 1 is 0.857 bits per heavy atom. The van der Waals surface area contributed by atoms with Crippen molar-refractivity contribution in [3.05, 3.63) is 0 Å². The molecule has 2 fully saturated rings. The normalized spacial score (nSPS) is 31.2. The Labute approximate surface area is 130 Å². The fourth-order valence-corrected chi connectivity index (χ4v) is 4.33. The zero-order valence-corrected chi connectivity index (χ0v) is 13.6. The average molecular weight is 296 g/mol. The van der Waals surface area contributed by atoms with Gasteiger partial charge < -0.3 is 4.79 Å². The second-order valence-electron chi connectivity index (χ2n) is 7.48. The van der Waals surface area contributed by atoms with Gasteiger partial charge in [-0.05, 0) is 37.5 Å². The lowest BCUT2D eigenvalue weighted by molar-refractivity contribution is -0.113. The van der Waals surface area contributed by atoms with Crippen molar-refractivity contribution in [1.82, 2.24) is 0 Å². The van der Waals surface area contributed by atoms with Crippen molar-refractivity contribution >= 4 is 6.29 Å². The van der Waals surface area contributed by atoms with Crippen molar-refractivity contribution < 1.29 is 9.18 Å². The molecule has 0 N–H and O–H groups in total. The summed E-state index contributed by atoms with van der Waals surface area (Å²) in [6.07, 6.45) is 17.4. The molecule has 0 amide bonds. The van der Waals surface area contributed by atoms with Crippen LogP contribution in [-0.2, 0) is 4.79 Å². The van der Waals surface area contributed by atoms with Crippen molar-refractivity contribution in [2.75, 3.05) is 0 Å². The van der Waals surface area contributed by atoms with E-state index in [1.54, 1.807) is 0 Å². The number of hydrogen-bond donors (Lipinski definition) is 0. The molecule has 0 heterocycles. The van der Waals surface area contributed by atoms with Crippen LogP contribution >= 0.6 is 0 Å². The van der Waals surface area contributed by atoms with Gasteiger partial charge in [-0.3, -0.25) is 0 Å². The van der Waals surface area contributed by atoms with Gasteiger partial charge in [0, 0.05) is 5.92 Å². The summed E-state index contributed by atoms with van der Waals surface area (Å²) in [6.45, 7) is 0. The minimum atomic E-state index is -0.726. The van der Waals surface area contributed by atoms with Gasteiger partial charge in [-0.15, -0.1) is 0 Å². The predicted molar refractivity (Wildman–Crippen MR) is 86.1 cm³/mol. The molecule has 122 valence electrons. The third-order valence-electron chi connectivity index (χ3n) is 5.80. The summed E-state index contributed by atoms with van der Waals surface area (Å²) in [7, 11) is 0. The van der Waals surface area contributed by atoms with E-state index in [4.69, 9.17) is 0 Å². The van der Waals surface area contributed by atoms with Crippen LogP contribution in [0.4, 0.5) is 4.39 Å². The van der Waals surface area contributed by atoms with E-state index in [1.807, 2.05) is 0 Å². The van der Waals surface area contributed by atoms with Gasteiger partial charge in [0.1, 0.15) is 12.5 Å². The number of unbranched alkanes of at least 4 members (excludes halogenated alkanes) is 3. The maximum Gasteiger partial charge on any atom is 0.123 e. The molecule has 0 bridgehead atoms. The maximum absolute atomic E-state index is 13.9. The van der Waals surface area contributed by atoms with Crippen LogP contribution in [0, 0.1) is 17.8 Å². The average Bonchev–Trinajstić information content (AvgIpc) is 2.53. The van der Waals surface area contributed by atoms with Gasteiger partial charge in [0.2, 0.25) is 0 Å². The van der Waals surface area contributed by atoms with E-state index in [2.05, 4.69) is 0 Å². The molecular formula is C19H33FO. The quantitative estimate of drug-likeness (QED) is 0.405. The fraction of sp³-hybridized carbons (Fsp3) is 0.947. The molecule has 1 nitrogen and oxygen atoms in total. The molecule has 2 rings (SSSR count). The lowest BCUT2D eigenvalue weighted by Crippen LogP contribution is -2.26. The molecule has 0 aromatic rings. The summed E-state index contributed by atoms with van der Waals surface area (Å²) in [4.78, 5) is 10.7. The predicted octanol–water partition coefficient (Wildman–Crippen LogP) is 5.86. The highest BCUT2D eigenvalue weighted by Gasteiger charge is 2.29. The molecule has 0 spiro atoms. The van der Waals surface area contributed by atoms with Crippen LogP contribution in [0.25, 0.3) is 0 Å². The second kappa shape index (κ2) is 9.58. The summed E-state index contributed by atoms with van der Waals surface area (Å²) in [5, 5.41) is 0. The highest BCUT2D eigenvalue weighted by Crippen LogP contribution is 2.34. The molecule has 2 aliphatic carbocycles. The van der Waals surface area contributed by atoms with E-state index < -0.39 is 6.17 Å². The molecule has 3 atom stereocenters. The summed E-state index contributed by atoms with van der Waals surface area (Å²) in [5.41, 5.74) is 0. The number of carbonyl (C=O) groups is 1. The zero-order chi connectivity index (χ0) is 14.9. The van der Waals surface area contributed by atoms with Gasteiger partial charge in [0.15, 0.2) is 0 Å². The van der Waals surface area contributed by atoms with Gasteiger partial charge in [-0.2, -0.15) is 0 Å². The zero-order valence-electron chi connectivity index (χ0n) is 13.6. The Bertz CT molecular complexity index is 285. The Morgan fingerprint density at radius 2 is 1.57 bits per heavy atom. The van der Waals surface area contributed by atoms with Gasteiger partial charge in [0.25, 0.3) is 0 Å². The van der Waals surface area contributed by atoms with Gasteiger partial charge >= 0.3 is 0 Å². The van der Waals surface area contributed by atoms with Crippen LogP contribution in [-0.4, -0.2) is 12.5 Å². The van der Waals surface area contributed by atoms with E-state index in [0.717, 1.165) is 31.5 Å². The number of alkyl halides is 1. The largest absolute Gasteiger partial charge is 0.303 e. The van der Waals surface area contributed by atoms with Crippen LogP contribution in [0.5, 0.6) is 0 Å². The van der Waals surface area contributed by atoms with E-state index in [0.29, 0.717) is 6.42 Å². The Balaban J connectivity index is 1.47. The molecule has 0 aromatic carbocycles. The second-order valence-corrected chi connectivity index (χ2v) is 7.48. The molecule has 3 unspecified atom stereocenters. The topological polar surface area (TPSA) is 17.1 Å². The molecular weight excluding hydrogens is 263 g/mol. The summed E-state index contributed by atoms with van der Waals surface area (Å²) < 4.78 is 13.9. The molecule has 21 heavy (non-hydrogen) atoms. The lowest BCUT2D eigenvalue weighted by Gasteiger charge is -2.29. The standard InChI is InChI=1S/C19H33FO/c20-19-14-17(15-21)12-13-18(19)11-7-2-1-4-8-16-9-5-3-6-10-16/h15-19H,1-14H2. The highest BCUT2D eigenvalue weighted by molar-refractivity contribution is 5.53. The molecule has 2 heteroatoms. The van der Waals surface area contributed by atoms with Crippen molar-refractivity contribution in [2.24, 2.45) is 17.8 Å². The van der Waals surface area contributed by atoms with E-state index in [9.17, 15) is 9.18 Å². The highest BCUT2D eigenvalue weighted by atomic mass is 19.1. The minimum absolute atomic E-state index is 0.00765. The third kappa shape index (κ3) is 6.08. The Kier molecular flexibility index (Phi) is 7.74. The third-order valence-corrected chi connectivity index (χ3v) is 5.80. The van der Waals surface area contributed by atoms with Gasteiger partial charge in [-0.25, -0.2) is 4.39 Å². The summed E-state index contributed by atoms with van der Waals surface area (Å²) in [5.74, 6) is 1.24. The Morgan fingerprint density at radius 3 is 2.24 bits per heavy atom. The first-order valence-electron chi connectivity index (χ1n) is 9.39. The van der Waals surface area contributed by atoms with Crippen molar-refractivity contribution in [1.29, 1.82) is 0 Å². The monoisotopic (exact) mass is 296 g/mol. The molecule has 2 aliphatic rings. The van der Waals surface area contributed by atoms with Crippen LogP contribution in [0.2, 0.25) is 0 Å². The van der Waals surface area contributed by atoms with E-state index in [1.165, 1.54) is 64.2 Å². The van der Waals surface area contributed by atoms with E-state index in [-0.39, 0.29) is 11.8 Å². The first-order valence-corrected chi connectivity index (χ1v) is 9.39. The first kappa shape index (κ1) is 17.0. The number of carbonyl (C=O) groups excluding carboxylic acids is 1. The molecule has 0 saturated heterocycles. The van der Waals surface area contributed by atoms with E-state index >= 15 is 0 Å². The number of hydrogen-bond acceptors (Lipinski definition) is 1.